The zero-order valence-corrected chi connectivity index (χ0v) is 12.3. The Balaban J connectivity index is 1.58. The van der Waals surface area contributed by atoms with Gasteiger partial charge in [-0.1, -0.05) is 29.8 Å². The molecule has 3 rings (SSSR count). The highest BCUT2D eigenvalue weighted by atomic mass is 14.9. The Morgan fingerprint density at radius 1 is 1.05 bits per heavy atom. The Kier molecular flexibility index (Phi) is 4.22. The molecule has 20 heavy (non-hydrogen) atoms. The van der Waals surface area contributed by atoms with Crippen LogP contribution in [0.15, 0.2) is 36.4 Å². The molecule has 2 aromatic rings. The summed E-state index contributed by atoms with van der Waals surface area (Å²) in [6.07, 6.45) is 3.95. The summed E-state index contributed by atoms with van der Waals surface area (Å²) in [5.41, 5.74) is 2.57. The van der Waals surface area contributed by atoms with Crippen molar-refractivity contribution in [1.29, 1.82) is 0 Å². The normalized spacial score (nSPS) is 16.4. The maximum atomic E-state index is 3.58. The van der Waals surface area contributed by atoms with Gasteiger partial charge in [-0.2, -0.15) is 0 Å². The second-order valence-electron chi connectivity index (χ2n) is 5.97. The van der Waals surface area contributed by atoms with Crippen molar-refractivity contribution in [3.8, 4) is 0 Å². The molecule has 2 nitrogen and oxygen atoms in total. The van der Waals surface area contributed by atoms with Gasteiger partial charge in [0.05, 0.1) is 0 Å². The highest BCUT2D eigenvalue weighted by Gasteiger charge is 2.11. The molecule has 1 aliphatic rings. The molecule has 0 atom stereocenters. The first-order chi connectivity index (χ1) is 9.81. The van der Waals surface area contributed by atoms with Crippen LogP contribution in [-0.2, 0) is 0 Å². The van der Waals surface area contributed by atoms with Crippen molar-refractivity contribution >= 4 is 16.5 Å². The quantitative estimate of drug-likeness (QED) is 0.877. The smallest absolute Gasteiger partial charge is 0.0346 e. The minimum Gasteiger partial charge on any atom is -0.385 e. The Morgan fingerprint density at radius 3 is 2.65 bits per heavy atom. The van der Waals surface area contributed by atoms with E-state index in [1.165, 1.54) is 54.4 Å². The highest BCUT2D eigenvalue weighted by molar-refractivity contribution is 5.86. The molecule has 0 aliphatic carbocycles. The second kappa shape index (κ2) is 6.27. The van der Waals surface area contributed by atoms with Crippen LogP contribution in [0.5, 0.6) is 0 Å². The SMILES string of the molecule is Cc1ccc2cc(NCCC3CCNCC3)ccc2c1. The molecule has 2 N–H and O–H groups in total. The average Bonchev–Trinajstić information content (AvgIpc) is 2.48. The van der Waals surface area contributed by atoms with Crippen molar-refractivity contribution in [1.82, 2.24) is 5.32 Å². The van der Waals surface area contributed by atoms with E-state index < -0.39 is 0 Å². The Bertz CT molecular complexity index is 571. The van der Waals surface area contributed by atoms with E-state index in [4.69, 9.17) is 0 Å². The van der Waals surface area contributed by atoms with Gasteiger partial charge in [0.25, 0.3) is 0 Å². The molecular weight excluding hydrogens is 244 g/mol. The number of piperidine rings is 1. The molecule has 2 heteroatoms. The van der Waals surface area contributed by atoms with Crippen LogP contribution in [-0.4, -0.2) is 19.6 Å². The molecule has 1 fully saturated rings. The van der Waals surface area contributed by atoms with E-state index in [1.807, 2.05) is 0 Å². The van der Waals surface area contributed by atoms with Gasteiger partial charge in [0.2, 0.25) is 0 Å². The summed E-state index contributed by atoms with van der Waals surface area (Å²) >= 11 is 0. The van der Waals surface area contributed by atoms with Crippen LogP contribution in [0.1, 0.15) is 24.8 Å². The van der Waals surface area contributed by atoms with Crippen molar-refractivity contribution in [2.45, 2.75) is 26.2 Å². The molecule has 2 aromatic carbocycles. The lowest BCUT2D eigenvalue weighted by molar-refractivity contribution is 0.361. The number of aryl methyl sites for hydroxylation is 1. The van der Waals surface area contributed by atoms with Crippen LogP contribution in [0.4, 0.5) is 5.69 Å². The topological polar surface area (TPSA) is 24.1 Å². The molecule has 0 aromatic heterocycles. The average molecular weight is 268 g/mol. The van der Waals surface area contributed by atoms with Crippen molar-refractivity contribution in [3.63, 3.8) is 0 Å². The standard InChI is InChI=1S/C18H24N2/c1-14-2-3-17-13-18(5-4-16(17)12-14)20-11-8-15-6-9-19-10-7-15/h2-5,12-13,15,19-20H,6-11H2,1H3. The summed E-state index contributed by atoms with van der Waals surface area (Å²) in [6.45, 7) is 5.62. The van der Waals surface area contributed by atoms with E-state index in [2.05, 4.69) is 54.0 Å². The lowest BCUT2D eigenvalue weighted by Crippen LogP contribution is -2.28. The lowest BCUT2D eigenvalue weighted by atomic mass is 9.95. The third-order valence-electron chi connectivity index (χ3n) is 4.34. The maximum Gasteiger partial charge on any atom is 0.0346 e. The number of nitrogens with one attached hydrogen (secondary N) is 2. The second-order valence-corrected chi connectivity index (χ2v) is 5.97. The van der Waals surface area contributed by atoms with Crippen molar-refractivity contribution < 1.29 is 0 Å². The number of benzene rings is 2. The monoisotopic (exact) mass is 268 g/mol. The van der Waals surface area contributed by atoms with Crippen LogP contribution < -0.4 is 10.6 Å². The molecule has 1 aliphatic heterocycles. The lowest BCUT2D eigenvalue weighted by Gasteiger charge is -2.22. The van der Waals surface area contributed by atoms with Crippen LogP contribution >= 0.6 is 0 Å². The van der Waals surface area contributed by atoms with Crippen molar-refractivity contribution in [2.75, 3.05) is 25.0 Å². The zero-order chi connectivity index (χ0) is 13.8. The largest absolute Gasteiger partial charge is 0.385 e. The third-order valence-corrected chi connectivity index (χ3v) is 4.34. The summed E-state index contributed by atoms with van der Waals surface area (Å²) < 4.78 is 0. The number of rotatable bonds is 4. The maximum absolute atomic E-state index is 3.58. The van der Waals surface area contributed by atoms with E-state index in [9.17, 15) is 0 Å². The fraction of sp³-hybridized carbons (Fsp3) is 0.444. The highest BCUT2D eigenvalue weighted by Crippen LogP contribution is 2.21. The van der Waals surface area contributed by atoms with Crippen LogP contribution in [0.2, 0.25) is 0 Å². The van der Waals surface area contributed by atoms with Gasteiger partial charge >= 0.3 is 0 Å². The van der Waals surface area contributed by atoms with Gasteiger partial charge in [0.15, 0.2) is 0 Å². The summed E-state index contributed by atoms with van der Waals surface area (Å²) in [5, 5.41) is 9.65. The van der Waals surface area contributed by atoms with E-state index in [1.54, 1.807) is 0 Å². The first-order valence-corrected chi connectivity index (χ1v) is 7.76. The molecule has 0 saturated carbocycles. The number of hydrogen-bond acceptors (Lipinski definition) is 2. The van der Waals surface area contributed by atoms with Gasteiger partial charge < -0.3 is 10.6 Å². The minimum atomic E-state index is 0.895. The molecule has 1 saturated heterocycles. The Hall–Kier alpha value is -1.54. The molecule has 0 spiro atoms. The summed E-state index contributed by atoms with van der Waals surface area (Å²) in [6, 6.07) is 13.3. The minimum absolute atomic E-state index is 0.895. The van der Waals surface area contributed by atoms with Gasteiger partial charge in [-0.25, -0.2) is 0 Å². The van der Waals surface area contributed by atoms with E-state index >= 15 is 0 Å². The van der Waals surface area contributed by atoms with E-state index in [-0.39, 0.29) is 0 Å². The molecule has 0 amide bonds. The predicted molar refractivity (Wildman–Crippen MR) is 87.4 cm³/mol. The van der Waals surface area contributed by atoms with E-state index in [0.29, 0.717) is 0 Å². The summed E-state index contributed by atoms with van der Waals surface area (Å²) in [4.78, 5) is 0. The number of anilines is 1. The van der Waals surface area contributed by atoms with Gasteiger partial charge in [0.1, 0.15) is 0 Å². The fourth-order valence-electron chi connectivity index (χ4n) is 3.07. The van der Waals surface area contributed by atoms with Crippen LogP contribution in [0.3, 0.4) is 0 Å². The summed E-state index contributed by atoms with van der Waals surface area (Å²) in [7, 11) is 0. The van der Waals surface area contributed by atoms with Gasteiger partial charge in [-0.15, -0.1) is 0 Å². The molecule has 106 valence electrons. The van der Waals surface area contributed by atoms with Crippen molar-refractivity contribution in [3.05, 3.63) is 42.0 Å². The molecule has 0 radical (unpaired) electrons. The van der Waals surface area contributed by atoms with Crippen LogP contribution in [0.25, 0.3) is 10.8 Å². The first-order valence-electron chi connectivity index (χ1n) is 7.76. The van der Waals surface area contributed by atoms with Gasteiger partial charge in [-0.3, -0.25) is 0 Å². The zero-order valence-electron chi connectivity index (χ0n) is 12.3. The Labute approximate surface area is 121 Å². The Morgan fingerprint density at radius 2 is 1.80 bits per heavy atom. The molecular formula is C18H24N2. The number of hydrogen-bond donors (Lipinski definition) is 2. The molecule has 1 heterocycles. The fourth-order valence-corrected chi connectivity index (χ4v) is 3.07. The van der Waals surface area contributed by atoms with Crippen LogP contribution in [0, 0.1) is 12.8 Å². The van der Waals surface area contributed by atoms with Crippen molar-refractivity contribution in [2.24, 2.45) is 5.92 Å². The van der Waals surface area contributed by atoms with Gasteiger partial charge in [0, 0.05) is 12.2 Å². The van der Waals surface area contributed by atoms with E-state index in [0.717, 1.165) is 12.5 Å². The number of fused-ring (bicyclic) bond motifs is 1. The molecule has 0 unspecified atom stereocenters. The first kappa shape index (κ1) is 13.4. The van der Waals surface area contributed by atoms with Gasteiger partial charge in [-0.05, 0) is 68.1 Å². The molecule has 0 bridgehead atoms. The predicted octanol–water partition coefficient (Wildman–Crippen LogP) is 3.95. The summed E-state index contributed by atoms with van der Waals surface area (Å²) in [5.74, 6) is 0.895. The third kappa shape index (κ3) is 3.31.